The van der Waals surface area contributed by atoms with E-state index in [1.165, 1.54) is 51.4 Å². The van der Waals surface area contributed by atoms with Gasteiger partial charge in [-0.25, -0.2) is 14.8 Å². The maximum absolute atomic E-state index is 12.1. The molecular weight excluding hydrogens is 396 g/mol. The lowest BCUT2D eigenvalue weighted by Gasteiger charge is -2.15. The highest BCUT2D eigenvalue weighted by Crippen LogP contribution is 2.28. The van der Waals surface area contributed by atoms with Gasteiger partial charge in [-0.05, 0) is 30.4 Å². The van der Waals surface area contributed by atoms with Gasteiger partial charge in [-0.15, -0.1) is 0 Å². The molecular formula is C28H40N2O2. The normalized spacial score (nSPS) is 12.6. The van der Waals surface area contributed by atoms with E-state index in [1.54, 1.807) is 12.4 Å². The Balaban J connectivity index is 2.12. The molecule has 0 fully saturated rings. The molecule has 0 aliphatic carbocycles. The van der Waals surface area contributed by atoms with Gasteiger partial charge >= 0.3 is 5.97 Å². The number of aliphatic carboxylic acids is 1. The van der Waals surface area contributed by atoms with Gasteiger partial charge in [0.05, 0.1) is 0 Å². The van der Waals surface area contributed by atoms with Crippen molar-refractivity contribution in [1.82, 2.24) is 9.97 Å². The van der Waals surface area contributed by atoms with Gasteiger partial charge in [-0.3, -0.25) is 0 Å². The molecule has 4 heteroatoms. The van der Waals surface area contributed by atoms with E-state index < -0.39 is 5.97 Å². The van der Waals surface area contributed by atoms with Crippen LogP contribution >= 0.6 is 0 Å². The van der Waals surface area contributed by atoms with Crippen molar-refractivity contribution in [3.05, 3.63) is 65.8 Å². The SMILES string of the molecule is CCCCCCCCC(/C=C(/C(=O)O)c1ncc(CCCCCC)cn1)c1ccccc1. The molecule has 0 saturated heterocycles. The first-order valence-electron chi connectivity index (χ1n) is 12.5. The van der Waals surface area contributed by atoms with Gasteiger partial charge < -0.3 is 5.11 Å². The lowest BCUT2D eigenvalue weighted by Crippen LogP contribution is -2.07. The minimum absolute atomic E-state index is 0.0470. The van der Waals surface area contributed by atoms with Gasteiger partial charge in [-0.1, -0.05) is 108 Å². The average Bonchev–Trinajstić information content (AvgIpc) is 2.82. The van der Waals surface area contributed by atoms with Crippen LogP contribution in [0.4, 0.5) is 0 Å². The number of carbonyl (C=O) groups is 1. The number of nitrogens with zero attached hydrogens (tertiary/aromatic N) is 2. The summed E-state index contributed by atoms with van der Waals surface area (Å²) < 4.78 is 0. The molecule has 0 aliphatic rings. The number of allylic oxidation sites excluding steroid dienone is 1. The van der Waals surface area contributed by atoms with Gasteiger partial charge in [0.15, 0.2) is 5.82 Å². The Hall–Kier alpha value is -2.49. The van der Waals surface area contributed by atoms with Crippen LogP contribution in [0.5, 0.6) is 0 Å². The highest BCUT2D eigenvalue weighted by Gasteiger charge is 2.18. The summed E-state index contributed by atoms with van der Waals surface area (Å²) in [6, 6.07) is 10.2. The Labute approximate surface area is 194 Å². The van der Waals surface area contributed by atoms with Crippen molar-refractivity contribution in [3.63, 3.8) is 0 Å². The molecule has 32 heavy (non-hydrogen) atoms. The van der Waals surface area contributed by atoms with Gasteiger partial charge in [0.1, 0.15) is 5.57 Å². The van der Waals surface area contributed by atoms with Crippen LogP contribution in [0, 0.1) is 0 Å². The fourth-order valence-electron chi connectivity index (χ4n) is 4.01. The monoisotopic (exact) mass is 436 g/mol. The third-order valence-electron chi connectivity index (χ3n) is 5.96. The van der Waals surface area contributed by atoms with Crippen LogP contribution in [0.15, 0.2) is 48.8 Å². The number of unbranched alkanes of at least 4 members (excludes halogenated alkanes) is 8. The van der Waals surface area contributed by atoms with Crippen LogP contribution in [0.25, 0.3) is 5.57 Å². The Bertz CT molecular complexity index is 800. The molecule has 0 radical (unpaired) electrons. The van der Waals surface area contributed by atoms with Crippen molar-refractivity contribution in [3.8, 4) is 0 Å². The summed E-state index contributed by atoms with van der Waals surface area (Å²) >= 11 is 0. The second kappa shape index (κ2) is 15.3. The van der Waals surface area contributed by atoms with E-state index >= 15 is 0 Å². The van der Waals surface area contributed by atoms with Gasteiger partial charge in [0.25, 0.3) is 0 Å². The standard InChI is InChI=1S/C28H40N2O2/c1-3-5-7-9-10-13-19-25(24-17-14-11-15-18-24)20-26(28(31)32)27-29-21-23(22-30-27)16-12-8-6-4-2/h11,14-15,17-18,20-22,25H,3-10,12-13,16,19H2,1-2H3,(H,31,32)/b26-20+. The van der Waals surface area contributed by atoms with E-state index in [0.29, 0.717) is 5.82 Å². The fourth-order valence-corrected chi connectivity index (χ4v) is 4.01. The van der Waals surface area contributed by atoms with Crippen LogP contribution in [-0.2, 0) is 11.2 Å². The zero-order valence-electron chi connectivity index (χ0n) is 19.9. The summed E-state index contributed by atoms with van der Waals surface area (Å²) in [5, 5.41) is 9.91. The van der Waals surface area contributed by atoms with Crippen molar-refractivity contribution < 1.29 is 9.90 Å². The highest BCUT2D eigenvalue weighted by molar-refractivity contribution is 6.14. The molecule has 0 saturated carbocycles. The van der Waals surface area contributed by atoms with E-state index in [2.05, 4.69) is 35.9 Å². The molecule has 1 heterocycles. The smallest absolute Gasteiger partial charge is 0.339 e. The van der Waals surface area contributed by atoms with Crippen LogP contribution in [0.3, 0.4) is 0 Å². The molecule has 1 atom stereocenters. The Morgan fingerprint density at radius 3 is 2.09 bits per heavy atom. The minimum Gasteiger partial charge on any atom is -0.478 e. The second-order valence-electron chi connectivity index (χ2n) is 8.68. The third-order valence-corrected chi connectivity index (χ3v) is 5.96. The zero-order chi connectivity index (χ0) is 23.0. The Morgan fingerprint density at radius 1 is 0.875 bits per heavy atom. The van der Waals surface area contributed by atoms with Crippen LogP contribution in [-0.4, -0.2) is 21.0 Å². The third kappa shape index (κ3) is 9.33. The van der Waals surface area contributed by atoms with Crippen molar-refractivity contribution in [2.75, 3.05) is 0 Å². The molecule has 1 unspecified atom stereocenters. The molecule has 2 aromatic rings. The van der Waals surface area contributed by atoms with Gasteiger partial charge in [-0.2, -0.15) is 0 Å². The van der Waals surface area contributed by atoms with E-state index in [4.69, 9.17) is 0 Å². The maximum atomic E-state index is 12.1. The number of benzene rings is 1. The molecule has 2 rings (SSSR count). The van der Waals surface area contributed by atoms with E-state index in [-0.39, 0.29) is 11.5 Å². The van der Waals surface area contributed by atoms with Crippen LogP contribution in [0.1, 0.15) is 107 Å². The topological polar surface area (TPSA) is 63.1 Å². The summed E-state index contributed by atoms with van der Waals surface area (Å²) in [4.78, 5) is 20.9. The van der Waals surface area contributed by atoms with E-state index in [9.17, 15) is 9.90 Å². The summed E-state index contributed by atoms with van der Waals surface area (Å²) in [5.41, 5.74) is 2.41. The summed E-state index contributed by atoms with van der Waals surface area (Å²) in [6.45, 7) is 4.43. The van der Waals surface area contributed by atoms with E-state index in [0.717, 1.165) is 36.8 Å². The molecule has 1 aromatic heterocycles. The van der Waals surface area contributed by atoms with Crippen molar-refractivity contribution in [2.24, 2.45) is 0 Å². The molecule has 1 N–H and O–H groups in total. The Morgan fingerprint density at radius 2 is 1.47 bits per heavy atom. The molecule has 1 aromatic carbocycles. The number of carboxylic acid groups (broad SMARTS) is 1. The molecule has 0 amide bonds. The van der Waals surface area contributed by atoms with Crippen LogP contribution in [0.2, 0.25) is 0 Å². The van der Waals surface area contributed by atoms with Gasteiger partial charge in [0.2, 0.25) is 0 Å². The minimum atomic E-state index is -0.968. The number of rotatable bonds is 16. The summed E-state index contributed by atoms with van der Waals surface area (Å²) in [6.07, 6.45) is 19.4. The predicted octanol–water partition coefficient (Wildman–Crippen LogP) is 7.60. The number of hydrogen-bond donors (Lipinski definition) is 1. The zero-order valence-corrected chi connectivity index (χ0v) is 19.9. The molecule has 0 bridgehead atoms. The first kappa shape index (κ1) is 25.8. The maximum Gasteiger partial charge on any atom is 0.339 e. The summed E-state index contributed by atoms with van der Waals surface area (Å²) in [7, 11) is 0. The predicted molar refractivity (Wildman–Crippen MR) is 133 cm³/mol. The quantitative estimate of drug-likeness (QED) is 0.217. The number of aryl methyl sites for hydroxylation is 1. The lowest BCUT2D eigenvalue weighted by atomic mass is 9.90. The highest BCUT2D eigenvalue weighted by atomic mass is 16.4. The van der Waals surface area contributed by atoms with Crippen molar-refractivity contribution >= 4 is 11.5 Å². The molecule has 0 aliphatic heterocycles. The van der Waals surface area contributed by atoms with Crippen LogP contribution < -0.4 is 0 Å². The molecule has 4 nitrogen and oxygen atoms in total. The Kier molecular flexibility index (Phi) is 12.3. The van der Waals surface area contributed by atoms with Gasteiger partial charge in [0, 0.05) is 18.3 Å². The molecule has 174 valence electrons. The number of carboxylic acids is 1. The number of hydrogen-bond acceptors (Lipinski definition) is 3. The largest absolute Gasteiger partial charge is 0.478 e. The number of aromatic nitrogens is 2. The lowest BCUT2D eigenvalue weighted by molar-refractivity contribution is -0.130. The molecule has 0 spiro atoms. The van der Waals surface area contributed by atoms with Crippen molar-refractivity contribution in [1.29, 1.82) is 0 Å². The van der Waals surface area contributed by atoms with Crippen molar-refractivity contribution in [2.45, 2.75) is 96.8 Å². The average molecular weight is 437 g/mol. The van der Waals surface area contributed by atoms with E-state index in [1.807, 2.05) is 24.3 Å². The first-order valence-corrected chi connectivity index (χ1v) is 12.5. The first-order chi connectivity index (χ1) is 15.7. The fraction of sp³-hybridized carbons (Fsp3) is 0.536. The second-order valence-corrected chi connectivity index (χ2v) is 8.68. The summed E-state index contributed by atoms with van der Waals surface area (Å²) in [5.74, 6) is -0.617.